The van der Waals surface area contributed by atoms with Crippen LogP contribution in [0.1, 0.15) is 154 Å². The first kappa shape index (κ1) is 43.7. The van der Waals surface area contributed by atoms with E-state index in [9.17, 15) is 14.4 Å². The summed E-state index contributed by atoms with van der Waals surface area (Å²) in [4.78, 5) is 34.6. The van der Waals surface area contributed by atoms with Crippen LogP contribution < -0.4 is 0 Å². The van der Waals surface area contributed by atoms with E-state index < -0.39 is 5.97 Å². The number of aromatic carboxylic acids is 1. The van der Waals surface area contributed by atoms with E-state index in [1.165, 1.54) is 130 Å². The minimum absolute atomic E-state index is 0.286. The number of benzene rings is 3. The van der Waals surface area contributed by atoms with Crippen molar-refractivity contribution in [2.24, 2.45) is 21.1 Å². The molecule has 0 amide bonds. The molecule has 10 heteroatoms. The van der Waals surface area contributed by atoms with E-state index in [2.05, 4.69) is 54.9 Å². The largest absolute Gasteiger partial charge is 0.478 e. The van der Waals surface area contributed by atoms with Crippen molar-refractivity contribution in [1.82, 2.24) is 13.7 Å². The normalized spacial score (nSPS) is 15.8. The number of methoxy groups -OCH3 is 2. The lowest BCUT2D eigenvalue weighted by Gasteiger charge is -2.10. The van der Waals surface area contributed by atoms with Gasteiger partial charge >= 0.3 is 17.9 Å². The van der Waals surface area contributed by atoms with Gasteiger partial charge in [0.15, 0.2) is 0 Å². The van der Waals surface area contributed by atoms with Crippen LogP contribution in [0.15, 0.2) is 72.4 Å². The summed E-state index contributed by atoms with van der Waals surface area (Å²) in [5.41, 5.74) is 11.2. The second-order valence-electron chi connectivity index (χ2n) is 16.8. The summed E-state index contributed by atoms with van der Waals surface area (Å²) in [5.74, 6) is 0.382. The molecule has 3 saturated carbocycles. The first-order valence-electron chi connectivity index (χ1n) is 21.6. The molecule has 3 heterocycles. The molecule has 6 aromatic rings. The lowest BCUT2D eigenvalue weighted by atomic mass is 9.94. The van der Waals surface area contributed by atoms with Gasteiger partial charge in [-0.3, -0.25) is 0 Å². The van der Waals surface area contributed by atoms with Crippen molar-refractivity contribution >= 4 is 78.7 Å². The molecule has 9 nitrogen and oxygen atoms in total. The van der Waals surface area contributed by atoms with Crippen molar-refractivity contribution in [2.75, 3.05) is 14.2 Å². The SMILES string of the molecule is C=Cc1c(C2CCCC2)c2ccc(C(=O)O)cc2n1C.C=Cc1c(C2CCCC2)c2ccc(C(=O)OC)cc2n1C.COC(=O)c1ccc2c(C3CCCC3)c(Br)n(C)c2c1. The number of halogens is 1. The number of hydrogen-bond acceptors (Lipinski definition) is 5. The number of carbonyl (C=O) groups is 3. The molecule has 1 N–H and O–H groups in total. The quantitative estimate of drug-likeness (QED) is 0.153. The average molecular weight is 889 g/mol. The van der Waals surface area contributed by atoms with E-state index in [4.69, 9.17) is 14.6 Å². The van der Waals surface area contributed by atoms with Crippen LogP contribution >= 0.6 is 15.9 Å². The van der Waals surface area contributed by atoms with Crippen LogP contribution in [0.2, 0.25) is 0 Å². The van der Waals surface area contributed by atoms with Gasteiger partial charge < -0.3 is 28.3 Å². The molecule has 9 rings (SSSR count). The van der Waals surface area contributed by atoms with Crippen molar-refractivity contribution in [2.45, 2.75) is 94.8 Å². The molecular weight excluding hydrogens is 830 g/mol. The minimum atomic E-state index is -0.879. The monoisotopic (exact) mass is 887 g/mol. The number of esters is 2. The Hall–Kier alpha value is -5.35. The minimum Gasteiger partial charge on any atom is -0.478 e. The number of carbonyl (C=O) groups excluding carboxylic acids is 2. The average Bonchev–Trinajstić information content (AvgIpc) is 4.16. The summed E-state index contributed by atoms with van der Waals surface area (Å²) in [5, 5.41) is 12.8. The molecular formula is C51H58BrN3O6. The molecule has 0 aliphatic heterocycles. The third-order valence-corrected chi connectivity index (χ3v) is 14.5. The highest BCUT2D eigenvalue weighted by molar-refractivity contribution is 9.10. The topological polar surface area (TPSA) is 105 Å². The molecule has 0 atom stereocenters. The molecule has 3 aromatic carbocycles. The number of rotatable bonds is 8. The number of ether oxygens (including phenoxy) is 2. The molecule has 3 aliphatic carbocycles. The molecule has 0 unspecified atom stereocenters. The van der Waals surface area contributed by atoms with Gasteiger partial charge in [-0.05, 0) is 137 Å². The molecule has 0 spiro atoms. The van der Waals surface area contributed by atoms with Crippen LogP contribution in [0.3, 0.4) is 0 Å². The van der Waals surface area contributed by atoms with Gasteiger partial charge in [-0.2, -0.15) is 0 Å². The lowest BCUT2D eigenvalue weighted by Crippen LogP contribution is -2.01. The number of hydrogen-bond donors (Lipinski definition) is 1. The van der Waals surface area contributed by atoms with Crippen molar-refractivity contribution in [1.29, 1.82) is 0 Å². The van der Waals surface area contributed by atoms with Crippen LogP contribution in [0.4, 0.5) is 0 Å². The van der Waals surface area contributed by atoms with Gasteiger partial charge in [0.2, 0.25) is 0 Å². The maximum atomic E-state index is 11.7. The number of nitrogens with zero attached hydrogens (tertiary/aromatic N) is 3. The molecule has 61 heavy (non-hydrogen) atoms. The van der Waals surface area contributed by atoms with Gasteiger partial charge in [-0.25, -0.2) is 14.4 Å². The Morgan fingerprint density at radius 1 is 0.574 bits per heavy atom. The Balaban J connectivity index is 0.000000138. The fraction of sp³-hybridized carbons (Fsp3) is 0.392. The predicted octanol–water partition coefficient (Wildman–Crippen LogP) is 12.8. The Morgan fingerprint density at radius 2 is 0.902 bits per heavy atom. The second kappa shape index (κ2) is 18.7. The number of aryl methyl sites for hydroxylation is 3. The molecule has 3 fully saturated rings. The third-order valence-electron chi connectivity index (χ3n) is 13.5. The number of carboxylic acids is 1. The highest BCUT2D eigenvalue weighted by Gasteiger charge is 2.28. The summed E-state index contributed by atoms with van der Waals surface area (Å²) >= 11 is 3.73. The molecule has 320 valence electrons. The Labute approximate surface area is 367 Å². The summed E-state index contributed by atoms with van der Waals surface area (Å²) in [6, 6.07) is 17.1. The van der Waals surface area contributed by atoms with E-state index in [0.717, 1.165) is 26.8 Å². The highest BCUT2D eigenvalue weighted by atomic mass is 79.9. The van der Waals surface area contributed by atoms with Crippen LogP contribution in [0.5, 0.6) is 0 Å². The van der Waals surface area contributed by atoms with E-state index in [1.807, 2.05) is 63.6 Å². The first-order chi connectivity index (χ1) is 29.4. The van der Waals surface area contributed by atoms with E-state index >= 15 is 0 Å². The van der Waals surface area contributed by atoms with E-state index in [-0.39, 0.29) is 11.9 Å². The van der Waals surface area contributed by atoms with Gasteiger partial charge in [-0.1, -0.05) is 69.9 Å². The standard InChI is InChI=1S/C18H21NO2.C17H19NO2.C16H18BrNO2/c1-4-15-17(12-7-5-6-8-12)14-10-9-13(18(20)21-3)11-16(14)19(15)2;1-3-14-16(11-6-4-5-7-11)13-9-8-12(17(19)20)10-15(13)18(14)2;1-18-13-9-11(16(19)20-2)7-8-12(13)14(15(18)17)10-5-3-4-6-10/h4,9-12H,1,5-8H2,2-3H3;3,8-11H,1,4-7H2,2H3,(H,19,20);7-10H,3-6H2,1-2H3. The summed E-state index contributed by atoms with van der Waals surface area (Å²) in [6.45, 7) is 7.92. The molecule has 3 aromatic heterocycles. The van der Waals surface area contributed by atoms with Crippen molar-refractivity contribution in [3.8, 4) is 0 Å². The molecule has 0 bridgehead atoms. The molecule has 3 aliphatic rings. The Kier molecular flexibility index (Phi) is 13.4. The maximum absolute atomic E-state index is 11.7. The second-order valence-corrected chi connectivity index (χ2v) is 17.6. The highest BCUT2D eigenvalue weighted by Crippen LogP contribution is 2.44. The van der Waals surface area contributed by atoms with Crippen molar-refractivity contribution in [3.05, 3.63) is 117 Å². The van der Waals surface area contributed by atoms with Crippen molar-refractivity contribution in [3.63, 3.8) is 0 Å². The van der Waals surface area contributed by atoms with Crippen molar-refractivity contribution < 1.29 is 29.0 Å². The number of carboxylic acid groups (broad SMARTS) is 1. The van der Waals surface area contributed by atoms with Crippen LogP contribution in [0, 0.1) is 0 Å². The fourth-order valence-electron chi connectivity index (χ4n) is 10.4. The summed E-state index contributed by atoms with van der Waals surface area (Å²) < 4.78 is 17.1. The first-order valence-corrected chi connectivity index (χ1v) is 22.4. The zero-order chi connectivity index (χ0) is 43.5. The van der Waals surface area contributed by atoms with E-state index in [1.54, 1.807) is 12.1 Å². The maximum Gasteiger partial charge on any atom is 0.337 e. The Morgan fingerprint density at radius 3 is 1.26 bits per heavy atom. The fourth-order valence-corrected chi connectivity index (χ4v) is 11.1. The van der Waals surface area contributed by atoms with Crippen LogP contribution in [0.25, 0.3) is 44.9 Å². The third kappa shape index (κ3) is 8.36. The van der Waals surface area contributed by atoms with Crippen LogP contribution in [-0.4, -0.2) is 50.9 Å². The van der Waals surface area contributed by atoms with Crippen LogP contribution in [-0.2, 0) is 30.6 Å². The predicted molar refractivity (Wildman–Crippen MR) is 250 cm³/mol. The number of aromatic nitrogens is 3. The van der Waals surface area contributed by atoms with Gasteiger partial charge in [0, 0.05) is 65.2 Å². The number of fused-ring (bicyclic) bond motifs is 3. The van der Waals surface area contributed by atoms with Gasteiger partial charge in [0.25, 0.3) is 0 Å². The zero-order valence-corrected chi connectivity index (χ0v) is 37.8. The molecule has 0 saturated heterocycles. The van der Waals surface area contributed by atoms with Gasteiger partial charge in [0.1, 0.15) is 0 Å². The zero-order valence-electron chi connectivity index (χ0n) is 36.2. The Bertz CT molecular complexity index is 2640. The summed E-state index contributed by atoms with van der Waals surface area (Å²) in [7, 11) is 8.89. The van der Waals surface area contributed by atoms with Gasteiger partial charge in [0.05, 0.1) is 35.5 Å². The lowest BCUT2D eigenvalue weighted by molar-refractivity contribution is 0.0592. The molecule has 0 radical (unpaired) electrons. The smallest absolute Gasteiger partial charge is 0.337 e. The summed E-state index contributed by atoms with van der Waals surface area (Å²) in [6.07, 6.45) is 19.1. The van der Waals surface area contributed by atoms with E-state index in [0.29, 0.717) is 34.4 Å². The van der Waals surface area contributed by atoms with Gasteiger partial charge in [-0.15, -0.1) is 0 Å².